The zero-order chi connectivity index (χ0) is 10.5. The van der Waals surface area contributed by atoms with Crippen molar-refractivity contribution in [1.82, 2.24) is 10.3 Å². The quantitative estimate of drug-likeness (QED) is 0.859. The second-order valence-corrected chi connectivity index (χ2v) is 4.17. The summed E-state index contributed by atoms with van der Waals surface area (Å²) in [5.74, 6) is 0.721. The van der Waals surface area contributed by atoms with Gasteiger partial charge in [0.2, 0.25) is 0 Å². The van der Waals surface area contributed by atoms with Gasteiger partial charge in [0.15, 0.2) is 0 Å². The van der Waals surface area contributed by atoms with Crippen LogP contribution in [0.1, 0.15) is 19.3 Å². The normalized spacial score (nSPS) is 21.3. The van der Waals surface area contributed by atoms with E-state index in [2.05, 4.69) is 10.3 Å². The summed E-state index contributed by atoms with van der Waals surface area (Å²) in [5, 5.41) is 4.00. The summed E-state index contributed by atoms with van der Waals surface area (Å²) >= 11 is 5.93. The minimum Gasteiger partial charge on any atom is -0.490 e. The Morgan fingerprint density at radius 2 is 2.47 bits per heavy atom. The lowest BCUT2D eigenvalue weighted by Gasteiger charge is -2.23. The summed E-state index contributed by atoms with van der Waals surface area (Å²) in [7, 11) is 0. The van der Waals surface area contributed by atoms with Gasteiger partial charge < -0.3 is 10.1 Å². The lowest BCUT2D eigenvalue weighted by Crippen LogP contribution is -2.38. The number of pyridine rings is 1. The van der Waals surface area contributed by atoms with E-state index in [0.29, 0.717) is 17.7 Å². The van der Waals surface area contributed by atoms with Crippen LogP contribution in [-0.2, 0) is 0 Å². The van der Waals surface area contributed by atoms with Gasteiger partial charge in [-0.25, -0.2) is 0 Å². The molecule has 1 unspecified atom stereocenters. The number of nitrogens with one attached hydrogen (secondary N) is 1. The molecule has 1 aliphatic rings. The first-order valence-corrected chi connectivity index (χ1v) is 5.70. The van der Waals surface area contributed by atoms with Crippen LogP contribution in [-0.4, -0.2) is 24.2 Å². The van der Waals surface area contributed by atoms with E-state index in [1.54, 1.807) is 18.5 Å². The van der Waals surface area contributed by atoms with Gasteiger partial charge in [-0.15, -0.1) is 0 Å². The topological polar surface area (TPSA) is 34.1 Å². The predicted molar refractivity (Wildman–Crippen MR) is 60.4 cm³/mol. The molecule has 1 saturated heterocycles. The van der Waals surface area contributed by atoms with Crippen molar-refractivity contribution >= 4 is 11.6 Å². The minimum absolute atomic E-state index is 0.461. The molecule has 4 heteroatoms. The van der Waals surface area contributed by atoms with Gasteiger partial charge in [-0.2, -0.15) is 0 Å². The maximum Gasteiger partial charge on any atom is 0.141 e. The molecule has 1 atom stereocenters. The van der Waals surface area contributed by atoms with Crippen molar-refractivity contribution < 1.29 is 4.74 Å². The van der Waals surface area contributed by atoms with Crippen molar-refractivity contribution in [3.63, 3.8) is 0 Å². The molecule has 1 N–H and O–H groups in total. The van der Waals surface area contributed by atoms with Crippen LogP contribution in [0.4, 0.5) is 0 Å². The predicted octanol–water partition coefficient (Wildman–Crippen LogP) is 2.26. The highest BCUT2D eigenvalue weighted by Gasteiger charge is 2.13. The number of aromatic nitrogens is 1. The average Bonchev–Trinajstić information content (AvgIpc) is 2.29. The van der Waals surface area contributed by atoms with E-state index in [0.717, 1.165) is 12.3 Å². The van der Waals surface area contributed by atoms with Crippen LogP contribution < -0.4 is 10.1 Å². The van der Waals surface area contributed by atoms with Crippen molar-refractivity contribution in [3.8, 4) is 5.75 Å². The molecule has 1 aromatic heterocycles. The third-order valence-electron chi connectivity index (χ3n) is 2.59. The van der Waals surface area contributed by atoms with Crippen LogP contribution in [0.2, 0.25) is 5.02 Å². The van der Waals surface area contributed by atoms with Crippen LogP contribution >= 0.6 is 11.6 Å². The van der Waals surface area contributed by atoms with E-state index in [4.69, 9.17) is 16.3 Å². The lowest BCUT2D eigenvalue weighted by atomic mass is 10.1. The van der Waals surface area contributed by atoms with E-state index < -0.39 is 0 Å². The van der Waals surface area contributed by atoms with Gasteiger partial charge in [-0.05, 0) is 19.4 Å². The third kappa shape index (κ3) is 3.08. The van der Waals surface area contributed by atoms with Gasteiger partial charge in [0, 0.05) is 24.5 Å². The summed E-state index contributed by atoms with van der Waals surface area (Å²) in [5.41, 5.74) is 0. The first-order chi connectivity index (χ1) is 7.36. The molecule has 2 rings (SSSR count). The minimum atomic E-state index is 0.461. The first-order valence-electron chi connectivity index (χ1n) is 5.32. The molecule has 0 bridgehead atoms. The van der Waals surface area contributed by atoms with Crippen molar-refractivity contribution in [2.45, 2.75) is 25.3 Å². The van der Waals surface area contributed by atoms with E-state index in [9.17, 15) is 0 Å². The van der Waals surface area contributed by atoms with Gasteiger partial charge in [0.1, 0.15) is 17.4 Å². The average molecular weight is 227 g/mol. The molecule has 1 aromatic rings. The van der Waals surface area contributed by atoms with Gasteiger partial charge in [0.25, 0.3) is 0 Å². The first kappa shape index (κ1) is 10.7. The van der Waals surface area contributed by atoms with Crippen LogP contribution in [0.15, 0.2) is 18.5 Å². The summed E-state index contributed by atoms with van der Waals surface area (Å²) in [6.07, 6.45) is 7.03. The maximum absolute atomic E-state index is 5.93. The SMILES string of the molecule is Clc1cnccc1OCC1CCCCN1. The number of nitrogens with zero attached hydrogens (tertiary/aromatic N) is 1. The number of halogens is 1. The molecule has 2 heterocycles. The molecule has 1 aliphatic heterocycles. The largest absolute Gasteiger partial charge is 0.490 e. The Labute approximate surface area is 94.8 Å². The Hall–Kier alpha value is -0.800. The molecule has 0 saturated carbocycles. The van der Waals surface area contributed by atoms with E-state index >= 15 is 0 Å². The Balaban J connectivity index is 1.84. The molecule has 0 amide bonds. The number of piperidine rings is 1. The molecule has 1 fully saturated rings. The molecular formula is C11H15ClN2O. The van der Waals surface area contributed by atoms with E-state index in [1.165, 1.54) is 19.3 Å². The Kier molecular flexibility index (Phi) is 3.80. The van der Waals surface area contributed by atoms with E-state index in [-0.39, 0.29) is 0 Å². The van der Waals surface area contributed by atoms with Crippen LogP contribution in [0.25, 0.3) is 0 Å². The van der Waals surface area contributed by atoms with Gasteiger partial charge in [-0.1, -0.05) is 18.0 Å². The molecule has 0 radical (unpaired) electrons. The van der Waals surface area contributed by atoms with Crippen LogP contribution in [0, 0.1) is 0 Å². The van der Waals surface area contributed by atoms with Crippen molar-refractivity contribution in [2.24, 2.45) is 0 Å². The smallest absolute Gasteiger partial charge is 0.141 e. The molecule has 0 aromatic carbocycles. The fourth-order valence-corrected chi connectivity index (χ4v) is 1.91. The molecule has 3 nitrogen and oxygen atoms in total. The lowest BCUT2D eigenvalue weighted by molar-refractivity contribution is 0.239. The zero-order valence-corrected chi connectivity index (χ0v) is 9.33. The monoisotopic (exact) mass is 226 g/mol. The summed E-state index contributed by atoms with van der Waals surface area (Å²) < 4.78 is 5.64. The molecule has 82 valence electrons. The van der Waals surface area contributed by atoms with Crippen LogP contribution in [0.5, 0.6) is 5.75 Å². The zero-order valence-electron chi connectivity index (χ0n) is 8.58. The maximum atomic E-state index is 5.93. The summed E-state index contributed by atoms with van der Waals surface area (Å²) in [6, 6.07) is 2.26. The number of hydrogen-bond acceptors (Lipinski definition) is 3. The Morgan fingerprint density at radius 3 is 3.20 bits per heavy atom. The standard InChI is InChI=1S/C11H15ClN2O/c12-10-7-13-6-4-11(10)15-8-9-3-1-2-5-14-9/h4,6-7,9,14H,1-3,5,8H2. The van der Waals surface area contributed by atoms with Crippen molar-refractivity contribution in [1.29, 1.82) is 0 Å². The van der Waals surface area contributed by atoms with Crippen molar-refractivity contribution in [3.05, 3.63) is 23.5 Å². The Morgan fingerprint density at radius 1 is 1.53 bits per heavy atom. The highest BCUT2D eigenvalue weighted by molar-refractivity contribution is 6.31. The second-order valence-electron chi connectivity index (χ2n) is 3.76. The molecular weight excluding hydrogens is 212 g/mol. The molecule has 0 spiro atoms. The summed E-state index contributed by atoms with van der Waals surface area (Å²) in [6.45, 7) is 1.78. The Bertz CT molecular complexity index is 313. The van der Waals surface area contributed by atoms with Gasteiger partial charge >= 0.3 is 0 Å². The summed E-state index contributed by atoms with van der Waals surface area (Å²) in [4.78, 5) is 3.91. The number of ether oxygens (including phenoxy) is 1. The fourth-order valence-electron chi connectivity index (χ4n) is 1.74. The second kappa shape index (κ2) is 5.33. The molecule has 0 aliphatic carbocycles. The fraction of sp³-hybridized carbons (Fsp3) is 0.545. The number of rotatable bonds is 3. The van der Waals surface area contributed by atoms with Gasteiger partial charge in [-0.3, -0.25) is 4.98 Å². The van der Waals surface area contributed by atoms with E-state index in [1.807, 2.05) is 0 Å². The van der Waals surface area contributed by atoms with Crippen molar-refractivity contribution in [2.75, 3.05) is 13.2 Å². The highest BCUT2D eigenvalue weighted by Crippen LogP contribution is 2.22. The third-order valence-corrected chi connectivity index (χ3v) is 2.87. The van der Waals surface area contributed by atoms with Gasteiger partial charge in [0.05, 0.1) is 0 Å². The number of hydrogen-bond donors (Lipinski definition) is 1. The highest BCUT2D eigenvalue weighted by atomic mass is 35.5. The molecule has 15 heavy (non-hydrogen) atoms. The van der Waals surface area contributed by atoms with Crippen LogP contribution in [0.3, 0.4) is 0 Å².